The second kappa shape index (κ2) is 4.71. The Morgan fingerprint density at radius 2 is 2.33 bits per heavy atom. The minimum Gasteiger partial charge on any atom is -0.481 e. The number of aliphatic carboxylic acids is 1. The lowest BCUT2D eigenvalue weighted by atomic mass is 9.86. The number of carbonyl (C=O) groups excluding carboxylic acids is 1. The maximum Gasteiger partial charge on any atom is 0.303 e. The van der Waals surface area contributed by atoms with Gasteiger partial charge in [-0.3, -0.25) is 19.9 Å². The summed E-state index contributed by atoms with van der Waals surface area (Å²) >= 11 is 0. The molecular formula is C11H13N3O4. The highest BCUT2D eigenvalue weighted by Gasteiger charge is 2.47. The van der Waals surface area contributed by atoms with Crippen molar-refractivity contribution in [3.63, 3.8) is 0 Å². The van der Waals surface area contributed by atoms with Crippen molar-refractivity contribution in [1.82, 2.24) is 15.6 Å². The predicted molar refractivity (Wildman–Crippen MR) is 60.1 cm³/mol. The third kappa shape index (κ3) is 2.18. The first-order valence-electron chi connectivity index (χ1n) is 5.43. The van der Waals surface area contributed by atoms with Crippen LogP contribution in [0.3, 0.4) is 0 Å². The molecule has 1 fully saturated rings. The summed E-state index contributed by atoms with van der Waals surface area (Å²) in [7, 11) is 0. The molecule has 1 aliphatic heterocycles. The van der Waals surface area contributed by atoms with Crippen molar-refractivity contribution in [1.29, 1.82) is 0 Å². The lowest BCUT2D eigenvalue weighted by Crippen LogP contribution is -2.45. The Bertz CT molecular complexity index is 465. The van der Waals surface area contributed by atoms with Gasteiger partial charge in [0.25, 0.3) is 0 Å². The average molecular weight is 251 g/mol. The van der Waals surface area contributed by atoms with E-state index in [9.17, 15) is 14.7 Å². The number of carboxylic acids is 1. The van der Waals surface area contributed by atoms with Gasteiger partial charge in [0.15, 0.2) is 6.35 Å². The lowest BCUT2D eigenvalue weighted by molar-refractivity contribution is -0.137. The van der Waals surface area contributed by atoms with Gasteiger partial charge in [0.1, 0.15) is 5.54 Å². The smallest absolute Gasteiger partial charge is 0.303 e. The Balaban J connectivity index is 2.34. The average Bonchev–Trinajstić information content (AvgIpc) is 2.64. The molecule has 1 saturated heterocycles. The van der Waals surface area contributed by atoms with E-state index in [-0.39, 0.29) is 12.8 Å². The molecule has 2 heterocycles. The Labute approximate surface area is 103 Å². The number of aliphatic hydroxyl groups is 1. The highest BCUT2D eigenvalue weighted by atomic mass is 16.4. The quantitative estimate of drug-likeness (QED) is 0.554. The summed E-state index contributed by atoms with van der Waals surface area (Å²) in [4.78, 5) is 26.6. The van der Waals surface area contributed by atoms with Gasteiger partial charge in [-0.2, -0.15) is 0 Å². The summed E-state index contributed by atoms with van der Waals surface area (Å²) in [5, 5.41) is 23.2. The number of nitrogens with zero attached hydrogens (tertiary/aromatic N) is 1. The number of aromatic nitrogens is 1. The topological polar surface area (TPSA) is 112 Å². The van der Waals surface area contributed by atoms with Crippen molar-refractivity contribution >= 4 is 11.9 Å². The molecule has 1 amide bonds. The molecule has 0 aromatic carbocycles. The van der Waals surface area contributed by atoms with Crippen molar-refractivity contribution in [2.45, 2.75) is 24.7 Å². The second-order valence-corrected chi connectivity index (χ2v) is 4.06. The standard InChI is InChI=1S/C11H13N3O4/c15-8(16)3-4-11(7-2-1-5-12-6-7)9(17)13-10(18)14-11/h1-2,5-6,10,14,18H,3-4H2,(H,13,17)(H,15,16). The largest absolute Gasteiger partial charge is 0.481 e. The summed E-state index contributed by atoms with van der Waals surface area (Å²) in [5.41, 5.74) is -0.716. The number of rotatable bonds is 4. The molecule has 2 rings (SSSR count). The SMILES string of the molecule is O=C(O)CCC1(c2cccnc2)NC(O)NC1=O. The van der Waals surface area contributed by atoms with Crippen molar-refractivity contribution < 1.29 is 19.8 Å². The molecule has 96 valence electrons. The summed E-state index contributed by atoms with van der Waals surface area (Å²) in [6.45, 7) is 0. The van der Waals surface area contributed by atoms with Crippen LogP contribution >= 0.6 is 0 Å². The third-order valence-corrected chi connectivity index (χ3v) is 2.91. The molecule has 0 radical (unpaired) electrons. The van der Waals surface area contributed by atoms with Gasteiger partial charge >= 0.3 is 5.97 Å². The normalized spacial score (nSPS) is 26.9. The maximum absolute atomic E-state index is 12.0. The maximum atomic E-state index is 12.0. The molecule has 0 aliphatic carbocycles. The van der Waals surface area contributed by atoms with Crippen LogP contribution in [-0.2, 0) is 15.1 Å². The van der Waals surface area contributed by atoms with Crippen LogP contribution in [0.25, 0.3) is 0 Å². The molecule has 0 saturated carbocycles. The molecule has 7 heteroatoms. The number of pyridine rings is 1. The van der Waals surface area contributed by atoms with Crippen LogP contribution in [-0.4, -0.2) is 33.4 Å². The van der Waals surface area contributed by atoms with E-state index < -0.39 is 23.8 Å². The number of carbonyl (C=O) groups is 2. The summed E-state index contributed by atoms with van der Waals surface area (Å²) in [6.07, 6.45) is 1.69. The first-order chi connectivity index (χ1) is 8.54. The monoisotopic (exact) mass is 251 g/mol. The Kier molecular flexibility index (Phi) is 3.26. The first kappa shape index (κ1) is 12.5. The van der Waals surface area contributed by atoms with E-state index in [0.29, 0.717) is 5.56 Å². The van der Waals surface area contributed by atoms with Crippen LogP contribution < -0.4 is 10.6 Å². The van der Waals surface area contributed by atoms with Crippen LogP contribution in [0.1, 0.15) is 18.4 Å². The molecule has 1 aliphatic rings. The van der Waals surface area contributed by atoms with Gasteiger partial charge in [0, 0.05) is 24.4 Å². The fourth-order valence-electron chi connectivity index (χ4n) is 2.04. The van der Waals surface area contributed by atoms with Crippen LogP contribution in [0.15, 0.2) is 24.5 Å². The van der Waals surface area contributed by atoms with Crippen molar-refractivity contribution in [2.24, 2.45) is 0 Å². The molecule has 1 aromatic rings. The van der Waals surface area contributed by atoms with Crippen molar-refractivity contribution in [3.05, 3.63) is 30.1 Å². The lowest BCUT2D eigenvalue weighted by Gasteiger charge is -2.26. The van der Waals surface area contributed by atoms with Gasteiger partial charge in [-0.1, -0.05) is 6.07 Å². The van der Waals surface area contributed by atoms with E-state index in [1.54, 1.807) is 18.3 Å². The Hall–Kier alpha value is -1.99. The van der Waals surface area contributed by atoms with Crippen molar-refractivity contribution in [3.8, 4) is 0 Å². The minimum atomic E-state index is -1.24. The van der Waals surface area contributed by atoms with E-state index in [4.69, 9.17) is 5.11 Å². The molecule has 2 unspecified atom stereocenters. The van der Waals surface area contributed by atoms with E-state index in [2.05, 4.69) is 15.6 Å². The van der Waals surface area contributed by atoms with Gasteiger partial charge in [0.2, 0.25) is 5.91 Å². The van der Waals surface area contributed by atoms with Gasteiger partial charge < -0.3 is 15.5 Å². The van der Waals surface area contributed by atoms with E-state index in [1.807, 2.05) is 0 Å². The van der Waals surface area contributed by atoms with Crippen molar-refractivity contribution in [2.75, 3.05) is 0 Å². The summed E-state index contributed by atoms with van der Waals surface area (Å²) in [6, 6.07) is 3.32. The fraction of sp³-hybridized carbons (Fsp3) is 0.364. The number of carboxylic acid groups (broad SMARTS) is 1. The van der Waals surface area contributed by atoms with Gasteiger partial charge in [-0.15, -0.1) is 0 Å². The first-order valence-corrected chi connectivity index (χ1v) is 5.43. The zero-order chi connectivity index (χ0) is 13.2. The molecular weight excluding hydrogens is 238 g/mol. The fourth-order valence-corrected chi connectivity index (χ4v) is 2.04. The number of aliphatic hydroxyl groups excluding tert-OH is 1. The highest BCUT2D eigenvalue weighted by Crippen LogP contribution is 2.29. The van der Waals surface area contributed by atoms with E-state index >= 15 is 0 Å². The molecule has 0 bridgehead atoms. The Morgan fingerprint density at radius 1 is 1.56 bits per heavy atom. The molecule has 1 aromatic heterocycles. The molecule has 18 heavy (non-hydrogen) atoms. The second-order valence-electron chi connectivity index (χ2n) is 4.06. The third-order valence-electron chi connectivity index (χ3n) is 2.91. The van der Waals surface area contributed by atoms with Crippen LogP contribution in [0.2, 0.25) is 0 Å². The Morgan fingerprint density at radius 3 is 2.83 bits per heavy atom. The van der Waals surface area contributed by atoms with Gasteiger partial charge in [-0.25, -0.2) is 0 Å². The zero-order valence-electron chi connectivity index (χ0n) is 9.46. The number of hydrogen-bond acceptors (Lipinski definition) is 5. The van der Waals surface area contributed by atoms with E-state index in [0.717, 1.165) is 0 Å². The molecule has 0 spiro atoms. The molecule has 4 N–H and O–H groups in total. The van der Waals surface area contributed by atoms with Crippen LogP contribution in [0.4, 0.5) is 0 Å². The predicted octanol–water partition coefficient (Wildman–Crippen LogP) is -0.863. The van der Waals surface area contributed by atoms with Crippen LogP contribution in [0.5, 0.6) is 0 Å². The van der Waals surface area contributed by atoms with Crippen LogP contribution in [0, 0.1) is 0 Å². The number of nitrogens with one attached hydrogen (secondary N) is 2. The van der Waals surface area contributed by atoms with E-state index in [1.165, 1.54) is 6.20 Å². The number of amides is 1. The highest BCUT2D eigenvalue weighted by molar-refractivity contribution is 5.90. The summed E-state index contributed by atoms with van der Waals surface area (Å²) < 4.78 is 0. The molecule has 2 atom stereocenters. The minimum absolute atomic E-state index is 0.0386. The van der Waals surface area contributed by atoms with Gasteiger partial charge in [0.05, 0.1) is 0 Å². The molecule has 7 nitrogen and oxygen atoms in total. The number of hydrogen-bond donors (Lipinski definition) is 4. The van der Waals surface area contributed by atoms with Gasteiger partial charge in [-0.05, 0) is 12.5 Å². The zero-order valence-corrected chi connectivity index (χ0v) is 9.46. The summed E-state index contributed by atoms with van der Waals surface area (Å²) in [5.74, 6) is -1.46.